The second-order valence-electron chi connectivity index (χ2n) is 4.59. The number of nitrogens with two attached hydrogens (primary N) is 1. The molecule has 0 aromatic heterocycles. The second kappa shape index (κ2) is 5.98. The van der Waals surface area contributed by atoms with Crippen LogP contribution in [-0.2, 0) is 19.9 Å². The Morgan fingerprint density at radius 3 is 2.25 bits per heavy atom. The molecule has 0 fully saturated rings. The molecule has 0 bridgehead atoms. The van der Waals surface area contributed by atoms with E-state index in [1.165, 1.54) is 32.3 Å². The predicted molar refractivity (Wildman–Crippen MR) is 79.9 cm³/mol. The number of anilines is 2. The van der Waals surface area contributed by atoms with E-state index >= 15 is 0 Å². The molecule has 0 amide bonds. The average Bonchev–Trinajstić information content (AvgIpc) is 2.29. The Hall–Kier alpha value is -1.32. The maximum absolute atomic E-state index is 11.9. The summed E-state index contributed by atoms with van der Waals surface area (Å²) in [6, 6.07) is 4.29. The monoisotopic (exact) mass is 321 g/mol. The molecular weight excluding hydrogens is 302 g/mol. The molecule has 0 unspecified atom stereocenters. The quantitative estimate of drug-likeness (QED) is 0.712. The largest absolute Gasteiger partial charge is 0.397 e. The van der Waals surface area contributed by atoms with Gasteiger partial charge in [0.05, 0.1) is 22.0 Å². The van der Waals surface area contributed by atoms with Crippen molar-refractivity contribution < 1.29 is 16.8 Å². The first-order valence-electron chi connectivity index (χ1n) is 5.77. The summed E-state index contributed by atoms with van der Waals surface area (Å²) < 4.78 is 46.9. The predicted octanol–water partition coefficient (Wildman–Crippen LogP) is -0.0244. The van der Waals surface area contributed by atoms with Crippen LogP contribution in [0.5, 0.6) is 0 Å². The number of nitrogens with zero attached hydrogens (tertiary/aromatic N) is 1. The van der Waals surface area contributed by atoms with E-state index in [1.807, 2.05) is 0 Å². The maximum Gasteiger partial charge on any atom is 0.242 e. The van der Waals surface area contributed by atoms with Gasteiger partial charge in [0.1, 0.15) is 9.84 Å². The van der Waals surface area contributed by atoms with Crippen molar-refractivity contribution in [3.05, 3.63) is 18.2 Å². The first-order chi connectivity index (χ1) is 9.04. The molecule has 1 rings (SSSR count). The standard InChI is InChI=1S/C11H19N3O4S2/c1-14(2)20(17,18)9-4-5-11(10(12)8-9)13-6-7-19(3,15)16/h4-5,8,13H,6-7,12H2,1-3H3. The Morgan fingerprint density at radius 1 is 1.20 bits per heavy atom. The van der Waals surface area contributed by atoms with Gasteiger partial charge < -0.3 is 11.1 Å². The highest BCUT2D eigenvalue weighted by molar-refractivity contribution is 7.90. The molecule has 0 aliphatic rings. The lowest BCUT2D eigenvalue weighted by molar-refractivity contribution is 0.521. The zero-order valence-electron chi connectivity index (χ0n) is 11.6. The van der Waals surface area contributed by atoms with Gasteiger partial charge in [0.2, 0.25) is 10.0 Å². The number of sulfone groups is 1. The van der Waals surface area contributed by atoms with Gasteiger partial charge in [0, 0.05) is 26.9 Å². The van der Waals surface area contributed by atoms with Crippen LogP contribution in [0.25, 0.3) is 0 Å². The topological polar surface area (TPSA) is 110 Å². The Bertz CT molecular complexity index is 682. The number of rotatable bonds is 6. The molecule has 0 aliphatic heterocycles. The molecule has 1 aromatic carbocycles. The normalized spacial score (nSPS) is 12.6. The SMILES string of the molecule is CN(C)S(=O)(=O)c1ccc(NCCS(C)(=O)=O)c(N)c1. The zero-order chi connectivity index (χ0) is 15.6. The Kier molecular flexibility index (Phi) is 5.00. The van der Waals surface area contributed by atoms with E-state index in [9.17, 15) is 16.8 Å². The Labute approximate surface area is 119 Å². The molecule has 9 heteroatoms. The Morgan fingerprint density at radius 2 is 1.80 bits per heavy atom. The molecule has 20 heavy (non-hydrogen) atoms. The minimum atomic E-state index is -3.53. The van der Waals surface area contributed by atoms with Gasteiger partial charge in [-0.2, -0.15) is 0 Å². The number of nitrogen functional groups attached to an aromatic ring is 1. The minimum Gasteiger partial charge on any atom is -0.397 e. The third-order valence-corrected chi connectivity index (χ3v) is 5.35. The summed E-state index contributed by atoms with van der Waals surface area (Å²) in [5, 5.41) is 2.86. The van der Waals surface area contributed by atoms with E-state index in [0.717, 1.165) is 10.6 Å². The van der Waals surface area contributed by atoms with Gasteiger partial charge in [-0.05, 0) is 18.2 Å². The van der Waals surface area contributed by atoms with Gasteiger partial charge >= 0.3 is 0 Å². The van der Waals surface area contributed by atoms with E-state index in [4.69, 9.17) is 5.73 Å². The van der Waals surface area contributed by atoms with Crippen LogP contribution in [0.15, 0.2) is 23.1 Å². The third-order valence-electron chi connectivity index (χ3n) is 2.59. The molecule has 7 nitrogen and oxygen atoms in total. The summed E-state index contributed by atoms with van der Waals surface area (Å²) in [5.74, 6) is -0.0236. The highest BCUT2D eigenvalue weighted by atomic mass is 32.2. The van der Waals surface area contributed by atoms with Gasteiger partial charge in [0.15, 0.2) is 0 Å². The molecule has 0 spiro atoms. The maximum atomic E-state index is 11.9. The van der Waals surface area contributed by atoms with Gasteiger partial charge in [-0.25, -0.2) is 21.1 Å². The van der Waals surface area contributed by atoms with Gasteiger partial charge in [-0.1, -0.05) is 0 Å². The van der Waals surface area contributed by atoms with Crippen molar-refractivity contribution in [1.82, 2.24) is 4.31 Å². The van der Waals surface area contributed by atoms with Crippen LogP contribution >= 0.6 is 0 Å². The number of benzene rings is 1. The van der Waals surface area contributed by atoms with E-state index in [2.05, 4.69) is 5.32 Å². The van der Waals surface area contributed by atoms with Crippen LogP contribution in [0, 0.1) is 0 Å². The molecule has 0 aliphatic carbocycles. The summed E-state index contributed by atoms with van der Waals surface area (Å²) >= 11 is 0. The number of nitrogens with one attached hydrogen (secondary N) is 1. The molecule has 1 aromatic rings. The summed E-state index contributed by atoms with van der Waals surface area (Å²) in [6.07, 6.45) is 1.14. The van der Waals surface area contributed by atoms with Crippen molar-refractivity contribution in [2.24, 2.45) is 0 Å². The van der Waals surface area contributed by atoms with Crippen molar-refractivity contribution in [2.75, 3.05) is 43.7 Å². The van der Waals surface area contributed by atoms with Crippen LogP contribution in [0.2, 0.25) is 0 Å². The fourth-order valence-electron chi connectivity index (χ4n) is 1.44. The fraction of sp³-hybridized carbons (Fsp3) is 0.455. The lowest BCUT2D eigenvalue weighted by Gasteiger charge is -2.14. The van der Waals surface area contributed by atoms with E-state index in [0.29, 0.717) is 5.69 Å². The molecule has 0 atom stereocenters. The molecule has 114 valence electrons. The van der Waals surface area contributed by atoms with Crippen molar-refractivity contribution in [3.8, 4) is 0 Å². The zero-order valence-corrected chi connectivity index (χ0v) is 13.3. The third kappa shape index (κ3) is 4.36. The molecule has 0 saturated carbocycles. The summed E-state index contributed by atoms with van der Waals surface area (Å²) in [5.41, 5.74) is 6.53. The van der Waals surface area contributed by atoms with Gasteiger partial charge in [-0.15, -0.1) is 0 Å². The van der Waals surface area contributed by atoms with E-state index in [1.54, 1.807) is 0 Å². The summed E-state index contributed by atoms with van der Waals surface area (Å²) in [4.78, 5) is 0.0914. The van der Waals surface area contributed by atoms with Crippen molar-refractivity contribution in [1.29, 1.82) is 0 Å². The van der Waals surface area contributed by atoms with Crippen molar-refractivity contribution in [2.45, 2.75) is 4.90 Å². The number of hydrogen-bond donors (Lipinski definition) is 2. The fourth-order valence-corrected chi connectivity index (χ4v) is 2.85. The summed E-state index contributed by atoms with van der Waals surface area (Å²) in [7, 11) is -3.72. The first kappa shape index (κ1) is 16.7. The molecular formula is C11H19N3O4S2. The number of sulfonamides is 1. The smallest absolute Gasteiger partial charge is 0.242 e. The van der Waals surface area contributed by atoms with Crippen LogP contribution in [-0.4, -0.2) is 53.8 Å². The van der Waals surface area contributed by atoms with Crippen LogP contribution in [0.4, 0.5) is 11.4 Å². The van der Waals surface area contributed by atoms with Crippen LogP contribution in [0.3, 0.4) is 0 Å². The van der Waals surface area contributed by atoms with Crippen LogP contribution in [0.1, 0.15) is 0 Å². The van der Waals surface area contributed by atoms with Crippen molar-refractivity contribution in [3.63, 3.8) is 0 Å². The molecule has 3 N–H and O–H groups in total. The van der Waals surface area contributed by atoms with Gasteiger partial charge in [0.25, 0.3) is 0 Å². The molecule has 0 heterocycles. The average molecular weight is 321 g/mol. The summed E-state index contributed by atoms with van der Waals surface area (Å²) in [6.45, 7) is 0.211. The van der Waals surface area contributed by atoms with Crippen LogP contribution < -0.4 is 11.1 Å². The minimum absolute atomic E-state index is 0.0236. The lowest BCUT2D eigenvalue weighted by Crippen LogP contribution is -2.22. The molecule has 0 radical (unpaired) electrons. The van der Waals surface area contributed by atoms with Gasteiger partial charge in [-0.3, -0.25) is 0 Å². The van der Waals surface area contributed by atoms with E-state index < -0.39 is 19.9 Å². The Balaban J connectivity index is 2.90. The van der Waals surface area contributed by atoms with Crippen molar-refractivity contribution >= 4 is 31.2 Å². The highest BCUT2D eigenvalue weighted by Crippen LogP contribution is 2.23. The second-order valence-corrected chi connectivity index (χ2v) is 9.00. The highest BCUT2D eigenvalue weighted by Gasteiger charge is 2.18. The van der Waals surface area contributed by atoms with E-state index in [-0.39, 0.29) is 22.9 Å². The number of hydrogen-bond acceptors (Lipinski definition) is 6. The molecule has 0 saturated heterocycles. The first-order valence-corrected chi connectivity index (χ1v) is 9.28. The lowest BCUT2D eigenvalue weighted by atomic mass is 10.2.